The van der Waals surface area contributed by atoms with Gasteiger partial charge in [0.2, 0.25) is 5.91 Å². The van der Waals surface area contributed by atoms with Gasteiger partial charge in [-0.25, -0.2) is 0 Å². The van der Waals surface area contributed by atoms with Gasteiger partial charge in [0.05, 0.1) is 5.69 Å². The van der Waals surface area contributed by atoms with Crippen molar-refractivity contribution in [3.63, 3.8) is 0 Å². The van der Waals surface area contributed by atoms with E-state index in [2.05, 4.69) is 28.1 Å². The highest BCUT2D eigenvalue weighted by molar-refractivity contribution is 5.76. The maximum absolute atomic E-state index is 11.4. The van der Waals surface area contributed by atoms with Crippen LogP contribution in [0.2, 0.25) is 0 Å². The Hall–Kier alpha value is -3.05. The SMILES string of the molecule is NC(=O)C1CCN(Cc2cc(-c3ccccc3)cnc2-c2ccncc2)CC1. The summed E-state index contributed by atoms with van der Waals surface area (Å²) < 4.78 is 0. The number of primary amides is 1. The largest absolute Gasteiger partial charge is 0.369 e. The van der Waals surface area contributed by atoms with Crippen LogP contribution in [0.5, 0.6) is 0 Å². The Labute approximate surface area is 165 Å². The van der Waals surface area contributed by atoms with E-state index in [0.29, 0.717) is 0 Å². The molecule has 0 radical (unpaired) electrons. The molecule has 28 heavy (non-hydrogen) atoms. The second kappa shape index (κ2) is 8.31. The van der Waals surface area contributed by atoms with E-state index in [-0.39, 0.29) is 11.8 Å². The van der Waals surface area contributed by atoms with Crippen molar-refractivity contribution in [2.24, 2.45) is 11.7 Å². The van der Waals surface area contributed by atoms with E-state index in [0.717, 1.165) is 54.9 Å². The number of hydrogen-bond donors (Lipinski definition) is 1. The van der Waals surface area contributed by atoms with E-state index in [1.807, 2.05) is 36.5 Å². The van der Waals surface area contributed by atoms with E-state index in [4.69, 9.17) is 10.7 Å². The summed E-state index contributed by atoms with van der Waals surface area (Å²) in [4.78, 5) is 22.8. The number of carbonyl (C=O) groups is 1. The number of nitrogens with two attached hydrogens (primary N) is 1. The Balaban J connectivity index is 1.64. The zero-order chi connectivity index (χ0) is 19.3. The minimum Gasteiger partial charge on any atom is -0.369 e. The molecule has 2 aromatic heterocycles. The molecular weight excluding hydrogens is 348 g/mol. The van der Waals surface area contributed by atoms with Crippen LogP contribution in [0.3, 0.4) is 0 Å². The predicted octanol–water partition coefficient (Wildman–Crippen LogP) is 3.51. The Bertz CT molecular complexity index is 935. The van der Waals surface area contributed by atoms with Crippen molar-refractivity contribution in [1.29, 1.82) is 0 Å². The lowest BCUT2D eigenvalue weighted by atomic mass is 9.95. The summed E-state index contributed by atoms with van der Waals surface area (Å²) in [6.45, 7) is 2.55. The molecule has 142 valence electrons. The standard InChI is InChI=1S/C23H24N4O/c24-23(28)19-8-12-27(13-9-19)16-21-14-20(17-4-2-1-3-5-17)15-26-22(21)18-6-10-25-11-7-18/h1-7,10-11,14-15,19H,8-9,12-13,16H2,(H2,24,28). The fourth-order valence-corrected chi connectivity index (χ4v) is 3.81. The van der Waals surface area contributed by atoms with E-state index < -0.39 is 0 Å². The van der Waals surface area contributed by atoms with Crippen molar-refractivity contribution in [2.45, 2.75) is 19.4 Å². The molecule has 0 atom stereocenters. The van der Waals surface area contributed by atoms with Gasteiger partial charge in [0.15, 0.2) is 0 Å². The lowest BCUT2D eigenvalue weighted by molar-refractivity contribution is -0.123. The second-order valence-electron chi connectivity index (χ2n) is 7.29. The third-order valence-electron chi connectivity index (χ3n) is 5.41. The van der Waals surface area contributed by atoms with Gasteiger partial charge in [-0.15, -0.1) is 0 Å². The highest BCUT2D eigenvalue weighted by Gasteiger charge is 2.24. The summed E-state index contributed by atoms with van der Waals surface area (Å²) in [6, 6.07) is 16.5. The van der Waals surface area contributed by atoms with Gasteiger partial charge in [-0.3, -0.25) is 19.7 Å². The molecular formula is C23H24N4O. The third kappa shape index (κ3) is 4.10. The molecule has 0 unspecified atom stereocenters. The molecule has 1 fully saturated rings. The summed E-state index contributed by atoms with van der Waals surface area (Å²) in [5.41, 5.74) is 11.0. The average molecular weight is 372 g/mol. The zero-order valence-electron chi connectivity index (χ0n) is 15.8. The van der Waals surface area contributed by atoms with Crippen LogP contribution in [0.4, 0.5) is 0 Å². The number of hydrogen-bond acceptors (Lipinski definition) is 4. The first-order chi connectivity index (χ1) is 13.7. The summed E-state index contributed by atoms with van der Waals surface area (Å²) >= 11 is 0. The molecule has 5 nitrogen and oxygen atoms in total. The normalized spacial score (nSPS) is 15.4. The van der Waals surface area contributed by atoms with Crippen LogP contribution >= 0.6 is 0 Å². The van der Waals surface area contributed by atoms with Crippen LogP contribution in [0, 0.1) is 5.92 Å². The van der Waals surface area contributed by atoms with E-state index >= 15 is 0 Å². The highest BCUT2D eigenvalue weighted by Crippen LogP contribution is 2.28. The molecule has 0 bridgehead atoms. The van der Waals surface area contributed by atoms with Gasteiger partial charge in [-0.05, 0) is 55.3 Å². The molecule has 1 aliphatic rings. The number of amides is 1. The number of nitrogens with zero attached hydrogens (tertiary/aromatic N) is 3. The van der Waals surface area contributed by atoms with E-state index in [1.165, 1.54) is 5.56 Å². The fraction of sp³-hybridized carbons (Fsp3) is 0.261. The van der Waals surface area contributed by atoms with Gasteiger partial charge in [0, 0.05) is 42.2 Å². The lowest BCUT2D eigenvalue weighted by Gasteiger charge is -2.31. The molecule has 2 N–H and O–H groups in total. The average Bonchev–Trinajstić information content (AvgIpc) is 2.75. The highest BCUT2D eigenvalue weighted by atomic mass is 16.1. The number of rotatable bonds is 5. The van der Waals surface area contributed by atoms with Crippen LogP contribution in [0.15, 0.2) is 67.1 Å². The van der Waals surface area contributed by atoms with Gasteiger partial charge in [-0.2, -0.15) is 0 Å². The van der Waals surface area contributed by atoms with Crippen molar-refractivity contribution in [2.75, 3.05) is 13.1 Å². The number of benzene rings is 1. The maximum Gasteiger partial charge on any atom is 0.220 e. The number of likely N-dealkylation sites (tertiary alicyclic amines) is 1. The molecule has 0 saturated carbocycles. The molecule has 0 aliphatic carbocycles. The minimum atomic E-state index is -0.176. The molecule has 1 aromatic carbocycles. The Morgan fingerprint density at radius 2 is 1.71 bits per heavy atom. The topological polar surface area (TPSA) is 72.1 Å². The van der Waals surface area contributed by atoms with Gasteiger partial charge >= 0.3 is 0 Å². The molecule has 4 rings (SSSR count). The Kier molecular flexibility index (Phi) is 5.44. The predicted molar refractivity (Wildman–Crippen MR) is 110 cm³/mol. The molecule has 0 spiro atoms. The molecule has 1 aliphatic heterocycles. The molecule has 3 heterocycles. The molecule has 1 amide bonds. The van der Waals surface area contributed by atoms with Gasteiger partial charge in [0.25, 0.3) is 0 Å². The summed E-state index contributed by atoms with van der Waals surface area (Å²) in [5.74, 6) is -0.172. The zero-order valence-corrected chi connectivity index (χ0v) is 15.8. The monoisotopic (exact) mass is 372 g/mol. The number of carbonyl (C=O) groups excluding carboxylic acids is 1. The first-order valence-corrected chi connectivity index (χ1v) is 9.67. The van der Waals surface area contributed by atoms with Crippen LogP contribution < -0.4 is 5.73 Å². The minimum absolute atomic E-state index is 0.00435. The van der Waals surface area contributed by atoms with Crippen molar-refractivity contribution < 1.29 is 4.79 Å². The van der Waals surface area contributed by atoms with Crippen molar-refractivity contribution in [3.8, 4) is 22.4 Å². The van der Waals surface area contributed by atoms with Gasteiger partial charge in [-0.1, -0.05) is 30.3 Å². The summed E-state index contributed by atoms with van der Waals surface area (Å²) in [5, 5.41) is 0. The van der Waals surface area contributed by atoms with Crippen molar-refractivity contribution in [1.82, 2.24) is 14.9 Å². The van der Waals surface area contributed by atoms with Crippen molar-refractivity contribution in [3.05, 3.63) is 72.7 Å². The Morgan fingerprint density at radius 3 is 2.39 bits per heavy atom. The quantitative estimate of drug-likeness (QED) is 0.744. The van der Waals surface area contributed by atoms with Crippen LogP contribution in [0.1, 0.15) is 18.4 Å². The Morgan fingerprint density at radius 1 is 1.00 bits per heavy atom. The number of piperidine rings is 1. The number of aromatic nitrogens is 2. The van der Waals surface area contributed by atoms with Gasteiger partial charge < -0.3 is 5.73 Å². The number of pyridine rings is 2. The maximum atomic E-state index is 11.4. The van der Waals surface area contributed by atoms with Crippen LogP contribution in [-0.2, 0) is 11.3 Å². The summed E-state index contributed by atoms with van der Waals surface area (Å²) in [7, 11) is 0. The van der Waals surface area contributed by atoms with Crippen molar-refractivity contribution >= 4 is 5.91 Å². The lowest BCUT2D eigenvalue weighted by Crippen LogP contribution is -2.38. The summed E-state index contributed by atoms with van der Waals surface area (Å²) in [6.07, 6.45) is 7.18. The van der Waals surface area contributed by atoms with Gasteiger partial charge in [0.1, 0.15) is 0 Å². The molecule has 3 aromatic rings. The molecule has 5 heteroatoms. The first kappa shape index (κ1) is 18.3. The van der Waals surface area contributed by atoms with E-state index in [1.54, 1.807) is 12.4 Å². The smallest absolute Gasteiger partial charge is 0.220 e. The second-order valence-corrected chi connectivity index (χ2v) is 7.29. The third-order valence-corrected chi connectivity index (χ3v) is 5.41. The molecule has 1 saturated heterocycles. The fourth-order valence-electron chi connectivity index (χ4n) is 3.81. The van der Waals surface area contributed by atoms with Crippen LogP contribution in [-0.4, -0.2) is 33.9 Å². The van der Waals surface area contributed by atoms with E-state index in [9.17, 15) is 4.79 Å². The van der Waals surface area contributed by atoms with Crippen LogP contribution in [0.25, 0.3) is 22.4 Å². The first-order valence-electron chi connectivity index (χ1n) is 9.67.